The molecule has 0 amide bonds. The molecule has 0 unspecified atom stereocenters. The van der Waals surface area contributed by atoms with Gasteiger partial charge < -0.3 is 62.8 Å². The predicted molar refractivity (Wildman–Crippen MR) is 360 cm³/mol. The maximum Gasteiger partial charge on any atom is 0.319 e. The highest BCUT2D eigenvalue weighted by atomic mass is 16.7. The number of ketones is 2. The maximum atomic E-state index is 15.2. The van der Waals surface area contributed by atoms with E-state index in [-0.39, 0.29) is 60.8 Å². The summed E-state index contributed by atoms with van der Waals surface area (Å²) in [6, 6.07) is -0.551. The van der Waals surface area contributed by atoms with Crippen molar-refractivity contribution in [2.24, 2.45) is 40.4 Å². The van der Waals surface area contributed by atoms with Crippen LogP contribution in [-0.4, -0.2) is 318 Å². The van der Waals surface area contributed by atoms with Gasteiger partial charge in [-0.1, -0.05) is 27.7 Å². The largest absolute Gasteiger partial charge is 0.463 e. The third kappa shape index (κ3) is 19.8. The highest BCUT2D eigenvalue weighted by Gasteiger charge is 2.55. The van der Waals surface area contributed by atoms with Crippen LogP contribution in [-0.2, 0) is 57.1 Å². The molecular formula is C71H130N8O14. The molecule has 2 N–H and O–H groups in total. The molecule has 7 fully saturated rings. The zero-order valence-electron chi connectivity index (χ0n) is 61.4. The van der Waals surface area contributed by atoms with Crippen molar-refractivity contribution in [1.29, 1.82) is 0 Å². The minimum Gasteiger partial charge on any atom is -0.463 e. The number of ether oxygens (including phenoxy) is 8. The van der Waals surface area contributed by atoms with Crippen molar-refractivity contribution < 1.29 is 67.3 Å². The molecule has 0 spiro atoms. The molecular weight excluding hydrogens is 1190 g/mol. The number of carbonyl (C=O) groups excluding carboxylic acids is 4. The van der Waals surface area contributed by atoms with Gasteiger partial charge in [-0.25, -0.2) is 0 Å². The fraction of sp³-hybridized carbons (Fsp3) is 0.944. The molecule has 6 saturated heterocycles. The third-order valence-electron chi connectivity index (χ3n) is 22.8. The normalized spacial score (nSPS) is 39.0. The van der Waals surface area contributed by atoms with Gasteiger partial charge in [-0.15, -0.1) is 0 Å². The van der Waals surface area contributed by atoms with Crippen molar-refractivity contribution in [2.45, 2.75) is 238 Å². The Hall–Kier alpha value is -2.36. The molecule has 0 aromatic heterocycles. The minimum absolute atomic E-state index is 0.0375. The quantitative estimate of drug-likeness (QED) is 0.118. The van der Waals surface area contributed by atoms with Gasteiger partial charge in [-0.3, -0.25) is 43.7 Å². The van der Waals surface area contributed by atoms with Gasteiger partial charge >= 0.3 is 11.9 Å². The first-order valence-electron chi connectivity index (χ1n) is 35.9. The number of hydrogen-bond donors (Lipinski definition) is 2. The molecule has 1 aliphatic carbocycles. The summed E-state index contributed by atoms with van der Waals surface area (Å²) in [6.45, 7) is 37.3. The van der Waals surface area contributed by atoms with E-state index in [1.54, 1.807) is 55.8 Å². The van der Waals surface area contributed by atoms with Crippen LogP contribution in [0.2, 0.25) is 0 Å². The number of methoxy groups -OCH3 is 2. The minimum atomic E-state index is -1.56. The van der Waals surface area contributed by atoms with Crippen LogP contribution in [0.15, 0.2) is 0 Å². The first kappa shape index (κ1) is 78.0. The molecule has 0 bridgehead atoms. The molecule has 0 aromatic rings. The molecule has 7 rings (SSSR count). The standard InChI is InChI=1S/C71H130N8O14/c1-21-26-79-39-47(4)37-70(12,86-19)62(49(6)60(82)69(10,11)67(85)89-45-54(79)43-77-31-33-78(34-32-77)46(2)3)93-65-59(81)57(73(16)17)36-55(91-65)25-24-52-38-71(13,87-20)63(92-64-58(80)56(72(14)15)35-48(5)90-64)50(7)61(83)68(8,9)66(84)88-44-53(74(18)40-52)42-76-29-27-75(28-30-76)41-51-22-23-51/h46-59,62-65,80-81H,21-45H2,1-20H3/t47-,48-,49+,50+,52-,53+,54+,55-,56+,57+,58-,59-,62-,63-,64+,65+,70-,71-/m1/s1. The van der Waals surface area contributed by atoms with Crippen LogP contribution in [0.5, 0.6) is 0 Å². The number of cyclic esters (lactones) is 2. The summed E-state index contributed by atoms with van der Waals surface area (Å²) < 4.78 is 53.7. The second-order valence-corrected chi connectivity index (χ2v) is 32.0. The van der Waals surface area contributed by atoms with Crippen molar-refractivity contribution in [3.05, 3.63) is 0 Å². The van der Waals surface area contributed by atoms with Crippen LogP contribution >= 0.6 is 0 Å². The van der Waals surface area contributed by atoms with Crippen LogP contribution in [0.25, 0.3) is 0 Å². The van der Waals surface area contributed by atoms with Gasteiger partial charge in [-0.2, -0.15) is 0 Å². The number of nitrogens with zero attached hydrogens (tertiary/aromatic N) is 8. The van der Waals surface area contributed by atoms with E-state index >= 15 is 9.59 Å². The molecule has 7 aliphatic rings. The molecule has 93 heavy (non-hydrogen) atoms. The molecule has 1 saturated carbocycles. The molecule has 22 nitrogen and oxygen atoms in total. The van der Waals surface area contributed by atoms with Gasteiger partial charge in [0.25, 0.3) is 0 Å². The van der Waals surface area contributed by atoms with E-state index in [4.69, 9.17) is 37.9 Å². The van der Waals surface area contributed by atoms with Crippen molar-refractivity contribution >= 4 is 23.5 Å². The van der Waals surface area contributed by atoms with E-state index < -0.39 is 94.9 Å². The fourth-order valence-corrected chi connectivity index (χ4v) is 16.4. The van der Waals surface area contributed by atoms with Crippen molar-refractivity contribution in [1.82, 2.24) is 39.2 Å². The lowest BCUT2D eigenvalue weighted by Crippen LogP contribution is -2.60. The Labute approximate surface area is 560 Å². The van der Waals surface area contributed by atoms with E-state index in [1.807, 2.05) is 58.8 Å². The van der Waals surface area contributed by atoms with Crippen molar-refractivity contribution in [3.8, 4) is 0 Å². The zero-order chi connectivity index (χ0) is 68.7. The topological polar surface area (TPSA) is 208 Å². The SMILES string of the molecule is CCCN1C[C@H](C)C[C@@](C)(OC)[C@H](O[C@@H]2O[C@H](CC[C@H]3CN(C)[C@@H](CN4CCN(CC5CC5)CC4)COC(=O)C(C)(C)C(=O)[C@H](C)[C@@H](O[C@@H]4O[C@H](C)C[C@H](N(C)C)[C@H]4O)[C@](C)(OC)C3)C[C@H](N(C)C)[C@H]2O)[C@@H](C)C(=O)C(C)(C)C(=O)OC[C@@H]1CN1CCN(C(C)C)CC1. The maximum absolute atomic E-state index is 15.2. The van der Waals surface area contributed by atoms with E-state index in [1.165, 1.54) is 12.8 Å². The van der Waals surface area contributed by atoms with Crippen LogP contribution in [0.1, 0.15) is 148 Å². The molecule has 0 aromatic carbocycles. The molecule has 22 heteroatoms. The molecule has 18 atom stereocenters. The molecule has 6 heterocycles. The molecule has 6 aliphatic heterocycles. The first-order chi connectivity index (χ1) is 43.7. The van der Waals surface area contributed by atoms with Crippen LogP contribution in [0.3, 0.4) is 0 Å². The van der Waals surface area contributed by atoms with E-state index in [9.17, 15) is 19.8 Å². The van der Waals surface area contributed by atoms with Gasteiger partial charge in [0.2, 0.25) is 0 Å². The Bertz CT molecular complexity index is 2370. The average molecular weight is 1320 g/mol. The Kier molecular flexibility index (Phi) is 28.2. The number of aliphatic hydroxyl groups is 2. The second kappa shape index (κ2) is 33.7. The average Bonchev–Trinajstić information content (AvgIpc) is 1.24. The Balaban J connectivity index is 1.20. The summed E-state index contributed by atoms with van der Waals surface area (Å²) in [6.07, 6.45) is -0.620. The lowest BCUT2D eigenvalue weighted by atomic mass is 9.73. The second-order valence-electron chi connectivity index (χ2n) is 32.0. The summed E-state index contributed by atoms with van der Waals surface area (Å²) in [7, 11) is 13.1. The van der Waals surface area contributed by atoms with Gasteiger partial charge in [0, 0.05) is 129 Å². The van der Waals surface area contributed by atoms with E-state index in [2.05, 4.69) is 64.1 Å². The lowest BCUT2D eigenvalue weighted by molar-refractivity contribution is -0.299. The summed E-state index contributed by atoms with van der Waals surface area (Å²) in [5, 5.41) is 24.5. The van der Waals surface area contributed by atoms with Crippen LogP contribution < -0.4 is 0 Å². The Morgan fingerprint density at radius 2 is 1.06 bits per heavy atom. The van der Waals surface area contributed by atoms with Crippen molar-refractivity contribution in [3.63, 3.8) is 0 Å². The van der Waals surface area contributed by atoms with Crippen LogP contribution in [0, 0.1) is 40.4 Å². The van der Waals surface area contributed by atoms with Gasteiger partial charge in [0.1, 0.15) is 36.3 Å². The van der Waals surface area contributed by atoms with Crippen molar-refractivity contribution in [2.75, 3.05) is 154 Å². The number of aliphatic hydroxyl groups excluding tert-OH is 2. The molecule has 538 valence electrons. The number of Topliss-reactive ketones (excluding diaryl/α,β-unsaturated/α-hetero) is 2. The zero-order valence-corrected chi connectivity index (χ0v) is 61.4. The summed E-state index contributed by atoms with van der Waals surface area (Å²) in [4.78, 5) is 78.2. The number of rotatable bonds is 20. The third-order valence-corrected chi connectivity index (χ3v) is 22.8. The highest BCUT2D eigenvalue weighted by molar-refractivity contribution is 6.05. The monoisotopic (exact) mass is 1320 g/mol. The summed E-state index contributed by atoms with van der Waals surface area (Å²) in [5.41, 5.74) is -5.39. The van der Waals surface area contributed by atoms with E-state index in [0.717, 1.165) is 84.3 Å². The number of piperazine rings is 2. The van der Waals surface area contributed by atoms with Gasteiger partial charge in [0.15, 0.2) is 24.1 Å². The summed E-state index contributed by atoms with van der Waals surface area (Å²) in [5.74, 6) is -3.05. The van der Waals surface area contributed by atoms with Crippen LogP contribution in [0.4, 0.5) is 0 Å². The summed E-state index contributed by atoms with van der Waals surface area (Å²) >= 11 is 0. The van der Waals surface area contributed by atoms with E-state index in [0.29, 0.717) is 64.2 Å². The highest BCUT2D eigenvalue weighted by Crippen LogP contribution is 2.43. The first-order valence-corrected chi connectivity index (χ1v) is 35.9. The van der Waals surface area contributed by atoms with Gasteiger partial charge in [-0.05, 0) is 180 Å². The predicted octanol–water partition coefficient (Wildman–Crippen LogP) is 5.22. The number of esters is 2. The van der Waals surface area contributed by atoms with Gasteiger partial charge in [0.05, 0.1) is 47.7 Å². The smallest absolute Gasteiger partial charge is 0.319 e. The fourth-order valence-electron chi connectivity index (χ4n) is 16.4. The lowest BCUT2D eigenvalue weighted by Gasteiger charge is -2.48. The Morgan fingerprint density at radius 1 is 0.602 bits per heavy atom. The number of carbonyl (C=O) groups is 4. The molecule has 0 radical (unpaired) electrons. The number of hydrogen-bond acceptors (Lipinski definition) is 22. The Morgan fingerprint density at radius 3 is 1.55 bits per heavy atom. The number of likely N-dealkylation sites (N-methyl/N-ethyl adjacent to an activating group) is 3.